The summed E-state index contributed by atoms with van der Waals surface area (Å²) in [6, 6.07) is 18.0. The number of rotatable bonds is 9. The van der Waals surface area contributed by atoms with Gasteiger partial charge < -0.3 is 14.5 Å². The fourth-order valence-electron chi connectivity index (χ4n) is 6.15. The second kappa shape index (κ2) is 13.5. The maximum absolute atomic E-state index is 13.0. The van der Waals surface area contributed by atoms with Gasteiger partial charge in [-0.25, -0.2) is 9.97 Å². The molecule has 10 nitrogen and oxygen atoms in total. The summed E-state index contributed by atoms with van der Waals surface area (Å²) >= 11 is 1.75. The largest absolute Gasteiger partial charge is 0.378 e. The zero-order valence-electron chi connectivity index (χ0n) is 25.9. The minimum atomic E-state index is 0.0183. The van der Waals surface area contributed by atoms with Gasteiger partial charge in [-0.2, -0.15) is 5.10 Å². The zero-order chi connectivity index (χ0) is 31.5. The van der Waals surface area contributed by atoms with Crippen LogP contribution in [-0.4, -0.2) is 94.1 Å². The topological polar surface area (TPSA) is 108 Å². The monoisotopic (exact) mass is 635 g/mol. The molecule has 2 saturated heterocycles. The Bertz CT molecular complexity index is 1890. The Morgan fingerprint density at radius 3 is 2.57 bits per heavy atom. The van der Waals surface area contributed by atoms with Crippen LogP contribution in [0.3, 0.4) is 0 Å². The number of carbonyl (C=O) groups is 2. The average molecular weight is 636 g/mol. The molecule has 1 N–H and O–H groups in total. The van der Waals surface area contributed by atoms with E-state index in [4.69, 9.17) is 14.7 Å². The number of allylic oxidation sites excluding steroid dienone is 1. The molecule has 0 aliphatic carbocycles. The first-order valence-electron chi connectivity index (χ1n) is 15.8. The Morgan fingerprint density at radius 2 is 1.76 bits per heavy atom. The molecule has 2 aliphatic rings. The third-order valence-electron chi connectivity index (χ3n) is 8.73. The summed E-state index contributed by atoms with van der Waals surface area (Å²) in [4.78, 5) is 43.6. The standard InChI is InChI=1S/C35H37N7O3S/c1-24(20-25-6-3-2-4-7-25)31(43)10-11-32(44)41-14-12-40(13-15-41)23-26-21-30-33(46-26)35(42-16-18-45-19-17-42)38-34(37-30)27-8-5-9-29-28(27)22-36-39-29/h2-9,20-22H,10-19,23H2,1H3,(H,36,39)/b24-20+. The van der Waals surface area contributed by atoms with Crippen molar-refractivity contribution in [3.05, 3.63) is 76.8 Å². The lowest BCUT2D eigenvalue weighted by Crippen LogP contribution is -2.48. The van der Waals surface area contributed by atoms with E-state index in [0.717, 1.165) is 70.8 Å². The number of H-pyrrole nitrogens is 1. The lowest BCUT2D eigenvalue weighted by Gasteiger charge is -2.34. The van der Waals surface area contributed by atoms with Crippen LogP contribution >= 0.6 is 11.3 Å². The van der Waals surface area contributed by atoms with Gasteiger partial charge in [-0.1, -0.05) is 42.5 Å². The third kappa shape index (κ3) is 6.57. The molecule has 0 saturated carbocycles. The number of ether oxygens (including phenoxy) is 1. The molecule has 3 aromatic heterocycles. The number of Topliss-reactive ketones (excluding diaryl/α,β-unsaturated/α-hetero) is 1. The summed E-state index contributed by atoms with van der Waals surface area (Å²) in [5, 5.41) is 8.29. The summed E-state index contributed by atoms with van der Waals surface area (Å²) in [6.45, 7) is 8.45. The fraction of sp³-hybridized carbons (Fsp3) is 0.343. The van der Waals surface area contributed by atoms with Gasteiger partial charge in [0.2, 0.25) is 5.91 Å². The molecule has 0 bridgehead atoms. The lowest BCUT2D eigenvalue weighted by molar-refractivity contribution is -0.134. The molecule has 46 heavy (non-hydrogen) atoms. The number of hydrogen-bond donors (Lipinski definition) is 1. The number of benzene rings is 2. The smallest absolute Gasteiger partial charge is 0.223 e. The van der Waals surface area contributed by atoms with Crippen molar-refractivity contribution < 1.29 is 14.3 Å². The van der Waals surface area contributed by atoms with Gasteiger partial charge in [0.1, 0.15) is 0 Å². The van der Waals surface area contributed by atoms with Crippen molar-refractivity contribution in [3.8, 4) is 11.4 Å². The van der Waals surface area contributed by atoms with Gasteiger partial charge in [-0.15, -0.1) is 11.3 Å². The van der Waals surface area contributed by atoms with E-state index in [1.807, 2.05) is 66.6 Å². The normalized spacial score (nSPS) is 16.4. The molecule has 0 atom stereocenters. The van der Waals surface area contributed by atoms with Crippen LogP contribution in [0, 0.1) is 0 Å². The number of piperazine rings is 1. The van der Waals surface area contributed by atoms with E-state index in [1.54, 1.807) is 11.3 Å². The van der Waals surface area contributed by atoms with Crippen LogP contribution in [0.15, 0.2) is 66.4 Å². The fourth-order valence-corrected chi connectivity index (χ4v) is 7.30. The molecular formula is C35H37N7O3S. The molecule has 236 valence electrons. The number of fused-ring (bicyclic) bond motifs is 2. The molecule has 11 heteroatoms. The van der Waals surface area contributed by atoms with Gasteiger partial charge in [-0.05, 0) is 36.3 Å². The summed E-state index contributed by atoms with van der Waals surface area (Å²) in [6.07, 6.45) is 4.19. The number of nitrogens with zero attached hydrogens (tertiary/aromatic N) is 6. The molecule has 1 amide bonds. The quantitative estimate of drug-likeness (QED) is 0.221. The van der Waals surface area contributed by atoms with E-state index in [-0.39, 0.29) is 24.5 Å². The predicted octanol–water partition coefficient (Wildman–Crippen LogP) is 5.17. The van der Waals surface area contributed by atoms with Crippen molar-refractivity contribution in [1.82, 2.24) is 30.0 Å². The van der Waals surface area contributed by atoms with Gasteiger partial charge in [0.05, 0.1) is 35.1 Å². The number of aromatic amines is 1. The first-order valence-corrected chi connectivity index (χ1v) is 16.7. The van der Waals surface area contributed by atoms with Crippen molar-refractivity contribution in [2.75, 3.05) is 57.4 Å². The Kier molecular flexibility index (Phi) is 8.87. The Balaban J connectivity index is 1.01. The average Bonchev–Trinajstić information content (AvgIpc) is 3.74. The van der Waals surface area contributed by atoms with Gasteiger partial charge in [0.15, 0.2) is 17.4 Å². The third-order valence-corrected chi connectivity index (χ3v) is 9.84. The summed E-state index contributed by atoms with van der Waals surface area (Å²) in [5.74, 6) is 1.72. The highest BCUT2D eigenvalue weighted by molar-refractivity contribution is 7.19. The Labute approximate surface area is 271 Å². The van der Waals surface area contributed by atoms with Crippen LogP contribution in [0.5, 0.6) is 0 Å². The van der Waals surface area contributed by atoms with E-state index in [2.05, 4.69) is 32.1 Å². The highest BCUT2D eigenvalue weighted by Gasteiger charge is 2.24. The minimum Gasteiger partial charge on any atom is -0.378 e. The van der Waals surface area contributed by atoms with Crippen LogP contribution in [0.1, 0.15) is 30.2 Å². The molecule has 7 rings (SSSR count). The van der Waals surface area contributed by atoms with Crippen molar-refractivity contribution in [1.29, 1.82) is 0 Å². The number of amides is 1. The van der Waals surface area contributed by atoms with Gasteiger partial charge >= 0.3 is 0 Å². The number of nitrogens with one attached hydrogen (secondary N) is 1. The molecule has 5 aromatic rings. The number of aromatic nitrogens is 4. The number of ketones is 1. The highest BCUT2D eigenvalue weighted by atomic mass is 32.1. The Hall–Kier alpha value is -4.45. The van der Waals surface area contributed by atoms with Crippen molar-refractivity contribution in [3.63, 3.8) is 0 Å². The number of anilines is 1. The van der Waals surface area contributed by atoms with E-state index in [0.29, 0.717) is 37.7 Å². The second-order valence-electron chi connectivity index (χ2n) is 11.9. The number of thiophene rings is 1. The molecule has 0 spiro atoms. The first kappa shape index (κ1) is 30.2. The number of hydrogen-bond acceptors (Lipinski definition) is 9. The van der Waals surface area contributed by atoms with Crippen molar-refractivity contribution in [2.24, 2.45) is 0 Å². The second-order valence-corrected chi connectivity index (χ2v) is 13.0. The van der Waals surface area contributed by atoms with Crippen LogP contribution in [0.2, 0.25) is 0 Å². The molecule has 2 aliphatic heterocycles. The van der Waals surface area contributed by atoms with Crippen molar-refractivity contribution in [2.45, 2.75) is 26.3 Å². The van der Waals surface area contributed by atoms with Crippen LogP contribution in [-0.2, 0) is 20.9 Å². The van der Waals surface area contributed by atoms with Gasteiger partial charge in [-0.3, -0.25) is 19.6 Å². The van der Waals surface area contributed by atoms with Crippen molar-refractivity contribution >= 4 is 56.0 Å². The molecular weight excluding hydrogens is 598 g/mol. The molecule has 0 unspecified atom stereocenters. The first-order chi connectivity index (χ1) is 22.5. The van der Waals surface area contributed by atoms with Crippen LogP contribution in [0.25, 0.3) is 38.6 Å². The van der Waals surface area contributed by atoms with E-state index in [9.17, 15) is 9.59 Å². The Morgan fingerprint density at radius 1 is 0.957 bits per heavy atom. The van der Waals surface area contributed by atoms with Crippen LogP contribution in [0.4, 0.5) is 5.82 Å². The summed E-state index contributed by atoms with van der Waals surface area (Å²) in [5.41, 5.74) is 4.53. The van der Waals surface area contributed by atoms with E-state index >= 15 is 0 Å². The summed E-state index contributed by atoms with van der Waals surface area (Å²) < 4.78 is 6.73. The maximum atomic E-state index is 13.0. The number of carbonyl (C=O) groups excluding carboxylic acids is 2. The molecule has 0 radical (unpaired) electrons. The number of morpholine rings is 1. The zero-order valence-corrected chi connectivity index (χ0v) is 26.8. The van der Waals surface area contributed by atoms with E-state index in [1.165, 1.54) is 4.88 Å². The highest BCUT2D eigenvalue weighted by Crippen LogP contribution is 2.36. The minimum absolute atomic E-state index is 0.0183. The maximum Gasteiger partial charge on any atom is 0.223 e. The van der Waals surface area contributed by atoms with Gasteiger partial charge in [0, 0.05) is 74.5 Å². The predicted molar refractivity (Wildman–Crippen MR) is 182 cm³/mol. The molecule has 2 fully saturated rings. The van der Waals surface area contributed by atoms with E-state index < -0.39 is 0 Å². The van der Waals surface area contributed by atoms with Crippen LogP contribution < -0.4 is 4.90 Å². The molecule has 2 aromatic carbocycles. The summed E-state index contributed by atoms with van der Waals surface area (Å²) in [7, 11) is 0. The molecule has 5 heterocycles. The lowest BCUT2D eigenvalue weighted by atomic mass is 10.0. The van der Waals surface area contributed by atoms with Gasteiger partial charge in [0.25, 0.3) is 0 Å². The SMILES string of the molecule is C/C(=C\c1ccccc1)C(=O)CCC(=O)N1CCN(Cc2cc3nc(-c4cccc5[nH]ncc45)nc(N4CCOCC4)c3s2)CC1.